The molecule has 7 heteroatoms. The zero-order chi connectivity index (χ0) is 23.7. The van der Waals surface area contributed by atoms with Gasteiger partial charge < -0.3 is 5.32 Å². The lowest BCUT2D eigenvalue weighted by atomic mass is 10.00. The van der Waals surface area contributed by atoms with Crippen molar-refractivity contribution in [2.45, 2.75) is 25.8 Å². The van der Waals surface area contributed by atoms with Gasteiger partial charge in [-0.2, -0.15) is 10.4 Å². The maximum atomic E-state index is 13.5. The molecule has 1 unspecified atom stereocenters. The van der Waals surface area contributed by atoms with E-state index >= 15 is 0 Å². The van der Waals surface area contributed by atoms with Gasteiger partial charge in [-0.15, -0.1) is 0 Å². The van der Waals surface area contributed by atoms with Crippen LogP contribution in [-0.4, -0.2) is 21.5 Å². The van der Waals surface area contributed by atoms with E-state index in [1.165, 1.54) is 11.8 Å². The number of Topliss-reactive ketones (excluding diaryl/α,β-unsaturated/α-hetero) is 1. The molecule has 168 valence electrons. The number of nitriles is 1. The van der Waals surface area contributed by atoms with Crippen LogP contribution in [0, 0.1) is 24.2 Å². The number of allylic oxidation sites excluding steroid dienone is 8. The SMILES string of the molecule is Cc1ccc(NC(=O)C(C#N)C(=O)c2nn(C3C=CCC=C3)c3c2=CSC2=CC=CCC=32)cc1. The molecule has 0 bridgehead atoms. The molecule has 0 saturated carbocycles. The zero-order valence-electron chi connectivity index (χ0n) is 18.6. The van der Waals surface area contributed by atoms with Crippen LogP contribution >= 0.6 is 11.8 Å². The van der Waals surface area contributed by atoms with Crippen LogP contribution in [0.5, 0.6) is 0 Å². The monoisotopic (exact) mass is 466 g/mol. The summed E-state index contributed by atoms with van der Waals surface area (Å²) in [4.78, 5) is 27.5. The highest BCUT2D eigenvalue weighted by Gasteiger charge is 2.33. The van der Waals surface area contributed by atoms with Crippen LogP contribution in [0.25, 0.3) is 11.0 Å². The first kappa shape index (κ1) is 21.9. The molecule has 2 aromatic rings. The van der Waals surface area contributed by atoms with Crippen molar-refractivity contribution >= 4 is 40.1 Å². The molecule has 1 N–H and O–H groups in total. The predicted octanol–water partition coefficient (Wildman–Crippen LogP) is 3.69. The van der Waals surface area contributed by atoms with Gasteiger partial charge in [0.1, 0.15) is 5.69 Å². The van der Waals surface area contributed by atoms with Crippen molar-refractivity contribution in [2.75, 3.05) is 5.32 Å². The number of hydrogen-bond acceptors (Lipinski definition) is 5. The highest BCUT2D eigenvalue weighted by molar-refractivity contribution is 8.10. The Hall–Kier alpha value is -3.89. The molecule has 3 aliphatic rings. The minimum absolute atomic E-state index is 0.137. The van der Waals surface area contributed by atoms with E-state index in [0.717, 1.165) is 34.2 Å². The summed E-state index contributed by atoms with van der Waals surface area (Å²) in [5, 5.41) is 20.6. The Morgan fingerprint density at radius 2 is 1.97 bits per heavy atom. The standard InChI is InChI=1S/C27H22N4O2S/c1-17-11-13-18(14-12-17)29-27(33)21(15-28)26(32)24-22-16-34-23-10-6-5-9-20(23)25(22)31(30-24)19-7-3-2-4-8-19/h3-8,10-14,16,19,21H,2,9H2,1H3,(H,29,33). The number of aryl methyl sites for hydroxylation is 1. The fourth-order valence-corrected chi connectivity index (χ4v) is 5.16. The summed E-state index contributed by atoms with van der Waals surface area (Å²) in [5.74, 6) is -2.76. The van der Waals surface area contributed by atoms with Gasteiger partial charge in [-0.25, -0.2) is 0 Å². The summed E-state index contributed by atoms with van der Waals surface area (Å²) < 4.78 is 1.85. The third-order valence-corrected chi connectivity index (χ3v) is 6.96. The van der Waals surface area contributed by atoms with E-state index in [2.05, 4.69) is 41.8 Å². The molecule has 5 rings (SSSR count). The maximum Gasteiger partial charge on any atom is 0.249 e. The van der Waals surface area contributed by atoms with E-state index in [9.17, 15) is 14.9 Å². The number of nitrogens with zero attached hydrogens (tertiary/aromatic N) is 3. The average molecular weight is 467 g/mol. The van der Waals surface area contributed by atoms with Crippen molar-refractivity contribution in [1.29, 1.82) is 5.26 Å². The second-order valence-electron chi connectivity index (χ2n) is 8.30. The van der Waals surface area contributed by atoms with Gasteiger partial charge in [-0.3, -0.25) is 14.3 Å². The van der Waals surface area contributed by atoms with Gasteiger partial charge in [0.05, 0.1) is 17.5 Å². The van der Waals surface area contributed by atoms with Crippen molar-refractivity contribution in [1.82, 2.24) is 9.78 Å². The number of carbonyl (C=O) groups excluding carboxylic acids is 2. The second kappa shape index (κ2) is 9.16. The first-order valence-corrected chi connectivity index (χ1v) is 11.9. The van der Waals surface area contributed by atoms with Gasteiger partial charge in [-0.1, -0.05) is 65.9 Å². The van der Waals surface area contributed by atoms with E-state index in [1.807, 2.05) is 41.3 Å². The molecule has 6 nitrogen and oxygen atoms in total. The molecule has 1 atom stereocenters. The zero-order valence-corrected chi connectivity index (χ0v) is 19.4. The molecule has 2 heterocycles. The number of thioether (sulfide) groups is 1. The van der Waals surface area contributed by atoms with Crippen LogP contribution in [0.3, 0.4) is 0 Å². The van der Waals surface area contributed by atoms with E-state index in [4.69, 9.17) is 5.10 Å². The van der Waals surface area contributed by atoms with Crippen LogP contribution in [0.4, 0.5) is 5.69 Å². The van der Waals surface area contributed by atoms with Crippen LogP contribution in [0.2, 0.25) is 0 Å². The topological polar surface area (TPSA) is 87.8 Å². The van der Waals surface area contributed by atoms with E-state index < -0.39 is 17.6 Å². The minimum Gasteiger partial charge on any atom is -0.325 e. The highest BCUT2D eigenvalue weighted by atomic mass is 32.2. The van der Waals surface area contributed by atoms with Gasteiger partial charge in [0.25, 0.3) is 0 Å². The lowest BCUT2D eigenvalue weighted by molar-refractivity contribution is -0.117. The first-order valence-electron chi connectivity index (χ1n) is 11.1. The molecule has 0 radical (unpaired) electrons. The van der Waals surface area contributed by atoms with E-state index in [-0.39, 0.29) is 11.7 Å². The van der Waals surface area contributed by atoms with Gasteiger partial charge >= 0.3 is 0 Å². The fourth-order valence-electron chi connectivity index (χ4n) is 4.21. The smallest absolute Gasteiger partial charge is 0.249 e. The summed E-state index contributed by atoms with van der Waals surface area (Å²) in [6, 6.07) is 8.96. The Morgan fingerprint density at radius 3 is 2.71 bits per heavy atom. The van der Waals surface area contributed by atoms with Crippen LogP contribution in [-0.2, 0) is 4.79 Å². The third kappa shape index (κ3) is 3.97. The molecular formula is C27H22N4O2S. The Morgan fingerprint density at radius 1 is 1.21 bits per heavy atom. The average Bonchev–Trinajstić information content (AvgIpc) is 3.27. The van der Waals surface area contributed by atoms with E-state index in [1.54, 1.807) is 12.1 Å². The first-order chi connectivity index (χ1) is 16.6. The summed E-state index contributed by atoms with van der Waals surface area (Å²) in [6.45, 7) is 1.94. The van der Waals surface area contributed by atoms with Gasteiger partial charge in [0, 0.05) is 15.8 Å². The minimum atomic E-state index is -1.50. The molecule has 0 fully saturated rings. The molecule has 1 aliphatic heterocycles. The van der Waals surface area contributed by atoms with Crippen LogP contribution < -0.4 is 15.9 Å². The number of carbonyl (C=O) groups is 2. The molecular weight excluding hydrogens is 444 g/mol. The van der Waals surface area contributed by atoms with Crippen molar-refractivity contribution in [2.24, 2.45) is 5.92 Å². The lowest BCUT2D eigenvalue weighted by Gasteiger charge is -2.18. The number of amides is 1. The number of fused-ring (bicyclic) bond motifs is 2. The predicted molar refractivity (Wildman–Crippen MR) is 134 cm³/mol. The lowest BCUT2D eigenvalue weighted by Crippen LogP contribution is -2.38. The number of ketones is 1. The largest absolute Gasteiger partial charge is 0.325 e. The van der Waals surface area contributed by atoms with Crippen molar-refractivity contribution in [3.8, 4) is 6.07 Å². The van der Waals surface area contributed by atoms with Crippen molar-refractivity contribution in [3.63, 3.8) is 0 Å². The summed E-state index contributed by atoms with van der Waals surface area (Å²) in [7, 11) is 0. The Bertz CT molecular complexity index is 1450. The molecule has 1 aromatic heterocycles. The number of aromatic nitrogens is 2. The van der Waals surface area contributed by atoms with E-state index in [0.29, 0.717) is 10.9 Å². The number of benzene rings is 1. The van der Waals surface area contributed by atoms with Crippen LogP contribution in [0.1, 0.15) is 34.9 Å². The molecule has 1 aromatic carbocycles. The Kier molecular flexibility index (Phi) is 5.91. The molecule has 34 heavy (non-hydrogen) atoms. The molecule has 1 amide bonds. The maximum absolute atomic E-state index is 13.5. The Balaban J connectivity index is 1.57. The normalized spacial score (nSPS) is 17.2. The van der Waals surface area contributed by atoms with Gasteiger partial charge in [-0.05, 0) is 49.0 Å². The molecule has 2 aliphatic carbocycles. The second-order valence-corrected chi connectivity index (χ2v) is 9.21. The quantitative estimate of drug-likeness (QED) is 0.413. The fraction of sp³-hybridized carbons (Fsp3) is 0.185. The van der Waals surface area contributed by atoms with Crippen molar-refractivity contribution in [3.05, 3.63) is 93.5 Å². The molecule has 0 saturated heterocycles. The molecule has 0 spiro atoms. The highest BCUT2D eigenvalue weighted by Crippen LogP contribution is 2.33. The summed E-state index contributed by atoms with van der Waals surface area (Å²) >= 11 is 1.54. The summed E-state index contributed by atoms with van der Waals surface area (Å²) in [6.07, 6.45) is 16.0. The van der Waals surface area contributed by atoms with Gasteiger partial charge in [0.15, 0.2) is 5.92 Å². The van der Waals surface area contributed by atoms with Crippen LogP contribution in [0.15, 0.2) is 71.7 Å². The third-order valence-electron chi connectivity index (χ3n) is 5.97. The number of nitrogens with one attached hydrogen (secondary N) is 1. The number of rotatable bonds is 5. The summed E-state index contributed by atoms with van der Waals surface area (Å²) in [5.41, 5.74) is 2.84. The Labute approximate surface area is 201 Å². The van der Waals surface area contributed by atoms with Crippen molar-refractivity contribution < 1.29 is 9.59 Å². The number of hydrogen-bond donors (Lipinski definition) is 1. The number of anilines is 1. The van der Waals surface area contributed by atoms with Gasteiger partial charge in [0.2, 0.25) is 11.7 Å².